The number of esters is 2. The van der Waals surface area contributed by atoms with Gasteiger partial charge in [-0.15, -0.1) is 0 Å². The third-order valence-corrected chi connectivity index (χ3v) is 6.96. The normalized spacial score (nSPS) is 12.8. The number of hydrogen-bond acceptors (Lipinski definition) is 6. The quantitative estimate of drug-likeness (QED) is 0.0404. The lowest BCUT2D eigenvalue weighted by Crippen LogP contribution is -2.29. The molecule has 0 unspecified atom stereocenters. The maximum absolute atomic E-state index is 12.2. The van der Waals surface area contributed by atoms with Crippen molar-refractivity contribution in [1.29, 1.82) is 0 Å². The minimum Gasteiger partial charge on any atom is -0.462 e. The Bertz CT molecular complexity index is 716. The van der Waals surface area contributed by atoms with Crippen molar-refractivity contribution in [2.75, 3.05) is 13.2 Å². The van der Waals surface area contributed by atoms with Gasteiger partial charge in [0.25, 0.3) is 0 Å². The van der Waals surface area contributed by atoms with Gasteiger partial charge >= 0.3 is 19.8 Å². The van der Waals surface area contributed by atoms with Crippen LogP contribution in [0.4, 0.5) is 0 Å². The Morgan fingerprint density at radius 2 is 1.15 bits per heavy atom. The van der Waals surface area contributed by atoms with Gasteiger partial charge in [0.2, 0.25) is 0 Å². The van der Waals surface area contributed by atoms with Gasteiger partial charge < -0.3 is 19.3 Å². The fourth-order valence-electron chi connectivity index (χ4n) is 4.09. The molecular formula is C31H57O8P. The zero-order valence-electron chi connectivity index (χ0n) is 25.2. The Morgan fingerprint density at radius 3 is 1.73 bits per heavy atom. The number of phosphoric acid groups is 1. The van der Waals surface area contributed by atoms with E-state index in [0.29, 0.717) is 12.8 Å². The first-order valence-electron chi connectivity index (χ1n) is 15.6. The van der Waals surface area contributed by atoms with Crippen LogP contribution >= 0.6 is 7.82 Å². The van der Waals surface area contributed by atoms with Crippen LogP contribution in [0.15, 0.2) is 24.3 Å². The highest BCUT2D eigenvalue weighted by molar-refractivity contribution is 7.46. The molecule has 0 amide bonds. The third-order valence-electron chi connectivity index (χ3n) is 6.47. The van der Waals surface area contributed by atoms with Crippen LogP contribution < -0.4 is 0 Å². The maximum Gasteiger partial charge on any atom is 0.469 e. The average Bonchev–Trinajstić information content (AvgIpc) is 2.91. The summed E-state index contributed by atoms with van der Waals surface area (Å²) >= 11 is 0. The monoisotopic (exact) mass is 588 g/mol. The van der Waals surface area contributed by atoms with Crippen molar-refractivity contribution in [1.82, 2.24) is 0 Å². The molecule has 0 bridgehead atoms. The molecule has 0 aliphatic heterocycles. The first kappa shape index (κ1) is 38.5. The Hall–Kier alpha value is -1.47. The van der Waals surface area contributed by atoms with E-state index in [9.17, 15) is 14.2 Å². The average molecular weight is 589 g/mol. The van der Waals surface area contributed by atoms with E-state index in [1.807, 2.05) is 0 Å². The van der Waals surface area contributed by atoms with Crippen molar-refractivity contribution >= 4 is 19.8 Å². The number of allylic oxidation sites excluding steroid dienone is 4. The minimum atomic E-state index is -4.74. The van der Waals surface area contributed by atoms with E-state index in [1.165, 1.54) is 38.5 Å². The summed E-state index contributed by atoms with van der Waals surface area (Å²) in [5.74, 6) is -0.908. The lowest BCUT2D eigenvalue weighted by atomic mass is 10.1. The second-order valence-electron chi connectivity index (χ2n) is 10.4. The fraction of sp³-hybridized carbons (Fsp3) is 0.806. The number of hydrogen-bond donors (Lipinski definition) is 2. The summed E-state index contributed by atoms with van der Waals surface area (Å²) in [7, 11) is -4.74. The minimum absolute atomic E-state index is 0.210. The second-order valence-corrected chi connectivity index (χ2v) is 11.7. The molecule has 0 heterocycles. The first-order valence-corrected chi connectivity index (χ1v) is 17.2. The highest BCUT2D eigenvalue weighted by Gasteiger charge is 2.22. The van der Waals surface area contributed by atoms with Crippen LogP contribution in [0.3, 0.4) is 0 Å². The molecule has 0 saturated carbocycles. The predicted octanol–water partition coefficient (Wildman–Crippen LogP) is 8.50. The third kappa shape index (κ3) is 29.5. The molecule has 0 aromatic carbocycles. The summed E-state index contributed by atoms with van der Waals surface area (Å²) in [5.41, 5.74) is 0. The number of carbonyl (C=O) groups excluding carboxylic acids is 2. The van der Waals surface area contributed by atoms with Crippen molar-refractivity contribution < 1.29 is 37.9 Å². The molecule has 9 heteroatoms. The van der Waals surface area contributed by atoms with E-state index in [4.69, 9.17) is 19.3 Å². The lowest BCUT2D eigenvalue weighted by molar-refractivity contribution is -0.161. The van der Waals surface area contributed by atoms with Crippen LogP contribution in [0.1, 0.15) is 142 Å². The van der Waals surface area contributed by atoms with Gasteiger partial charge in [-0.25, -0.2) is 4.57 Å². The van der Waals surface area contributed by atoms with Crippen molar-refractivity contribution in [3.05, 3.63) is 24.3 Å². The van der Waals surface area contributed by atoms with E-state index in [-0.39, 0.29) is 19.4 Å². The fourth-order valence-corrected chi connectivity index (χ4v) is 4.45. The molecule has 2 N–H and O–H groups in total. The van der Waals surface area contributed by atoms with Crippen LogP contribution in [0, 0.1) is 0 Å². The van der Waals surface area contributed by atoms with Gasteiger partial charge in [-0.2, -0.15) is 0 Å². The topological polar surface area (TPSA) is 119 Å². The summed E-state index contributed by atoms with van der Waals surface area (Å²) < 4.78 is 26.1. The highest BCUT2D eigenvalue weighted by Crippen LogP contribution is 2.35. The number of unbranched alkanes of at least 4 members (excludes halogenated alkanes) is 14. The van der Waals surface area contributed by atoms with E-state index >= 15 is 0 Å². The van der Waals surface area contributed by atoms with Crippen LogP contribution in [-0.2, 0) is 28.2 Å². The van der Waals surface area contributed by atoms with Gasteiger partial charge in [0.1, 0.15) is 6.61 Å². The van der Waals surface area contributed by atoms with Gasteiger partial charge in [0, 0.05) is 12.8 Å². The number of rotatable bonds is 28. The largest absolute Gasteiger partial charge is 0.469 e. The molecule has 0 radical (unpaired) electrons. The molecule has 0 spiro atoms. The van der Waals surface area contributed by atoms with Gasteiger partial charge in [0.05, 0.1) is 6.61 Å². The molecule has 1 atom stereocenters. The number of ether oxygens (including phenoxy) is 2. The Balaban J connectivity index is 4.04. The van der Waals surface area contributed by atoms with Gasteiger partial charge in [-0.3, -0.25) is 14.1 Å². The molecule has 8 nitrogen and oxygen atoms in total. The van der Waals surface area contributed by atoms with Crippen LogP contribution in [0.5, 0.6) is 0 Å². The van der Waals surface area contributed by atoms with Gasteiger partial charge in [-0.1, -0.05) is 115 Å². The van der Waals surface area contributed by atoms with E-state index in [0.717, 1.165) is 64.2 Å². The molecule has 0 rings (SSSR count). The number of phosphoric ester groups is 1. The summed E-state index contributed by atoms with van der Waals surface area (Å²) in [6.07, 6.45) is 27.7. The van der Waals surface area contributed by atoms with Crippen molar-refractivity contribution in [3.63, 3.8) is 0 Å². The Kier molecular flexibility index (Phi) is 26.7. The van der Waals surface area contributed by atoms with Crippen molar-refractivity contribution in [2.24, 2.45) is 0 Å². The SMILES string of the molecule is CCCC/C=C/C/C=C/CCCCCCCC(=O)OC[C@H](COP(=O)(O)O)OC(=O)CCCCCCCCCC. The zero-order chi connectivity index (χ0) is 29.7. The molecule has 0 aromatic heterocycles. The van der Waals surface area contributed by atoms with Crippen LogP contribution in [0.25, 0.3) is 0 Å². The molecule has 0 aliphatic rings. The molecule has 0 saturated heterocycles. The number of carbonyl (C=O) groups is 2. The second kappa shape index (κ2) is 27.7. The van der Waals surface area contributed by atoms with Crippen molar-refractivity contribution in [3.8, 4) is 0 Å². The Labute approximate surface area is 243 Å². The molecule has 40 heavy (non-hydrogen) atoms. The summed E-state index contributed by atoms with van der Waals surface area (Å²) in [6.45, 7) is 3.56. The van der Waals surface area contributed by atoms with E-state index < -0.39 is 32.5 Å². The highest BCUT2D eigenvalue weighted by atomic mass is 31.2. The van der Waals surface area contributed by atoms with Crippen molar-refractivity contribution in [2.45, 2.75) is 148 Å². The zero-order valence-corrected chi connectivity index (χ0v) is 26.1. The lowest BCUT2D eigenvalue weighted by Gasteiger charge is -2.18. The molecule has 234 valence electrons. The predicted molar refractivity (Wildman–Crippen MR) is 161 cm³/mol. The van der Waals surface area contributed by atoms with E-state index in [2.05, 4.69) is 42.7 Å². The smallest absolute Gasteiger partial charge is 0.462 e. The van der Waals surface area contributed by atoms with Gasteiger partial charge in [0.15, 0.2) is 6.10 Å². The molecule has 0 aromatic rings. The van der Waals surface area contributed by atoms with Crippen LogP contribution in [-0.4, -0.2) is 41.0 Å². The van der Waals surface area contributed by atoms with Crippen LogP contribution in [0.2, 0.25) is 0 Å². The summed E-state index contributed by atoms with van der Waals surface area (Å²) in [4.78, 5) is 42.3. The standard InChI is InChI=1S/C31H57O8P/c1-3-5-7-9-11-13-14-15-16-17-18-20-21-23-25-30(32)37-27-29(28-38-40(34,35)36)39-31(33)26-24-22-19-12-10-8-6-4-2/h9,11,14-15,29H,3-8,10,12-13,16-28H2,1-2H3,(H2,34,35,36)/b11-9+,15-14+/t29-/m1/s1. The summed E-state index contributed by atoms with van der Waals surface area (Å²) in [5, 5.41) is 0. The maximum atomic E-state index is 12.2. The summed E-state index contributed by atoms with van der Waals surface area (Å²) in [6, 6.07) is 0. The van der Waals surface area contributed by atoms with E-state index in [1.54, 1.807) is 0 Å². The Morgan fingerprint density at radius 1 is 0.650 bits per heavy atom. The van der Waals surface area contributed by atoms with Gasteiger partial charge in [-0.05, 0) is 38.5 Å². The molecule has 0 fully saturated rings. The first-order chi connectivity index (χ1) is 19.3. The molecule has 0 aliphatic carbocycles. The molecular weight excluding hydrogens is 531 g/mol.